The Morgan fingerprint density at radius 1 is 1.21 bits per heavy atom. The minimum absolute atomic E-state index is 0.107. The zero-order valence-electron chi connectivity index (χ0n) is 10.1. The van der Waals surface area contributed by atoms with Crippen LogP contribution in [0.3, 0.4) is 0 Å². The smallest absolute Gasteiger partial charge is 0.274 e. The maximum atomic E-state index is 13.4. The number of nitrogens with one attached hydrogen (secondary N) is 2. The van der Waals surface area contributed by atoms with E-state index in [1.54, 1.807) is 19.2 Å². The van der Waals surface area contributed by atoms with E-state index >= 15 is 0 Å². The first-order valence-corrected chi connectivity index (χ1v) is 5.51. The number of hydrogen-bond donors (Lipinski definition) is 2. The van der Waals surface area contributed by atoms with Crippen LogP contribution >= 0.6 is 0 Å². The van der Waals surface area contributed by atoms with Crippen molar-refractivity contribution >= 4 is 17.4 Å². The van der Waals surface area contributed by atoms with Crippen LogP contribution < -0.4 is 10.6 Å². The Balaban J connectivity index is 2.22. The van der Waals surface area contributed by atoms with Gasteiger partial charge in [0.1, 0.15) is 23.1 Å². The molecule has 0 saturated carbocycles. The lowest BCUT2D eigenvalue weighted by molar-refractivity contribution is 0.102. The third kappa shape index (κ3) is 3.04. The summed E-state index contributed by atoms with van der Waals surface area (Å²) in [5, 5.41) is 5.06. The number of carbonyl (C=O) groups excluding carboxylic acids is 1. The van der Waals surface area contributed by atoms with E-state index < -0.39 is 17.5 Å². The molecule has 4 nitrogen and oxygen atoms in total. The number of pyridine rings is 1. The van der Waals surface area contributed by atoms with Crippen molar-refractivity contribution in [1.82, 2.24) is 4.98 Å². The van der Waals surface area contributed by atoms with Gasteiger partial charge in [-0.05, 0) is 24.3 Å². The second kappa shape index (κ2) is 5.43. The van der Waals surface area contributed by atoms with Gasteiger partial charge in [-0.2, -0.15) is 0 Å². The summed E-state index contributed by atoms with van der Waals surface area (Å²) in [6.45, 7) is 0. The van der Waals surface area contributed by atoms with Crippen LogP contribution in [0, 0.1) is 11.6 Å². The lowest BCUT2D eigenvalue weighted by atomic mass is 10.2. The fraction of sp³-hybridized carbons (Fsp3) is 0.0769. The van der Waals surface area contributed by atoms with Crippen LogP contribution in [0.25, 0.3) is 0 Å². The van der Waals surface area contributed by atoms with Gasteiger partial charge in [-0.25, -0.2) is 13.8 Å². The van der Waals surface area contributed by atoms with Crippen molar-refractivity contribution in [3.05, 3.63) is 53.7 Å². The zero-order chi connectivity index (χ0) is 13.8. The summed E-state index contributed by atoms with van der Waals surface area (Å²) in [5.74, 6) is -1.44. The highest BCUT2D eigenvalue weighted by Gasteiger charge is 2.11. The molecule has 0 bridgehead atoms. The van der Waals surface area contributed by atoms with E-state index in [0.29, 0.717) is 5.82 Å². The minimum atomic E-state index is -0.709. The first-order chi connectivity index (χ1) is 9.10. The quantitative estimate of drug-likeness (QED) is 0.895. The minimum Gasteiger partial charge on any atom is -0.373 e. The fourth-order valence-electron chi connectivity index (χ4n) is 1.48. The fourth-order valence-corrected chi connectivity index (χ4v) is 1.48. The van der Waals surface area contributed by atoms with Gasteiger partial charge in [-0.15, -0.1) is 0 Å². The van der Waals surface area contributed by atoms with Crippen LogP contribution in [-0.4, -0.2) is 17.9 Å². The van der Waals surface area contributed by atoms with Crippen molar-refractivity contribution in [2.45, 2.75) is 0 Å². The first kappa shape index (κ1) is 12.9. The van der Waals surface area contributed by atoms with Gasteiger partial charge in [0, 0.05) is 13.1 Å². The number of hydrogen-bond acceptors (Lipinski definition) is 3. The van der Waals surface area contributed by atoms with E-state index in [1.807, 2.05) is 0 Å². The van der Waals surface area contributed by atoms with E-state index in [1.165, 1.54) is 6.07 Å². The van der Waals surface area contributed by atoms with Gasteiger partial charge in [0.05, 0.1) is 5.69 Å². The van der Waals surface area contributed by atoms with E-state index in [9.17, 15) is 13.6 Å². The summed E-state index contributed by atoms with van der Waals surface area (Å²) >= 11 is 0. The highest BCUT2D eigenvalue weighted by atomic mass is 19.1. The SMILES string of the molecule is CNc1cccc(C(=O)Nc2cc(F)ccc2F)n1. The summed E-state index contributed by atoms with van der Waals surface area (Å²) in [5.41, 5.74) is -0.114. The topological polar surface area (TPSA) is 54.0 Å². The predicted molar refractivity (Wildman–Crippen MR) is 68.1 cm³/mol. The summed E-state index contributed by atoms with van der Waals surface area (Å²) in [6.07, 6.45) is 0. The molecular formula is C13H11F2N3O. The molecule has 0 fully saturated rings. The van der Waals surface area contributed by atoms with Crippen molar-refractivity contribution in [2.75, 3.05) is 17.7 Å². The molecule has 1 aromatic heterocycles. The predicted octanol–water partition coefficient (Wildman–Crippen LogP) is 2.65. The highest BCUT2D eigenvalue weighted by Crippen LogP contribution is 2.16. The van der Waals surface area contributed by atoms with E-state index in [4.69, 9.17) is 0 Å². The number of halogens is 2. The van der Waals surface area contributed by atoms with Crippen LogP contribution in [-0.2, 0) is 0 Å². The second-order valence-corrected chi connectivity index (χ2v) is 3.74. The van der Waals surface area contributed by atoms with E-state index in [2.05, 4.69) is 15.6 Å². The Hall–Kier alpha value is -2.50. The molecule has 0 atom stereocenters. The number of amides is 1. The van der Waals surface area contributed by atoms with Crippen LogP contribution in [0.1, 0.15) is 10.5 Å². The summed E-state index contributed by atoms with van der Waals surface area (Å²) < 4.78 is 26.4. The number of benzene rings is 1. The average Bonchev–Trinajstić information content (AvgIpc) is 2.43. The van der Waals surface area contributed by atoms with Crippen molar-refractivity contribution in [3.63, 3.8) is 0 Å². The maximum Gasteiger partial charge on any atom is 0.274 e. The Kier molecular flexibility index (Phi) is 3.70. The number of nitrogens with zero attached hydrogens (tertiary/aromatic N) is 1. The van der Waals surface area contributed by atoms with Crippen molar-refractivity contribution in [1.29, 1.82) is 0 Å². The molecular weight excluding hydrogens is 252 g/mol. The van der Waals surface area contributed by atoms with Crippen molar-refractivity contribution < 1.29 is 13.6 Å². The van der Waals surface area contributed by atoms with Crippen molar-refractivity contribution in [3.8, 4) is 0 Å². The number of carbonyl (C=O) groups is 1. The molecule has 0 aliphatic heterocycles. The molecule has 1 heterocycles. The lowest BCUT2D eigenvalue weighted by Gasteiger charge is -2.07. The standard InChI is InChI=1S/C13H11F2N3O/c1-16-12-4-2-3-10(17-12)13(19)18-11-7-8(14)5-6-9(11)15/h2-7H,1H3,(H,16,17)(H,18,19). The molecule has 1 amide bonds. The van der Waals surface area contributed by atoms with Gasteiger partial charge >= 0.3 is 0 Å². The molecule has 0 unspecified atom stereocenters. The number of aromatic nitrogens is 1. The Labute approximate surface area is 108 Å². The molecule has 98 valence electrons. The van der Waals surface area contributed by atoms with Gasteiger partial charge in [0.25, 0.3) is 5.91 Å². The lowest BCUT2D eigenvalue weighted by Crippen LogP contribution is -2.15. The summed E-state index contributed by atoms with van der Waals surface area (Å²) in [6, 6.07) is 7.63. The average molecular weight is 263 g/mol. The van der Waals surface area contributed by atoms with Gasteiger partial charge in [0.15, 0.2) is 0 Å². The number of anilines is 2. The molecule has 2 rings (SSSR count). The van der Waals surface area contributed by atoms with Crippen molar-refractivity contribution in [2.24, 2.45) is 0 Å². The Morgan fingerprint density at radius 2 is 2.00 bits per heavy atom. The number of rotatable bonds is 3. The molecule has 1 aromatic carbocycles. The molecule has 19 heavy (non-hydrogen) atoms. The third-order valence-corrected chi connectivity index (χ3v) is 2.41. The molecule has 0 spiro atoms. The zero-order valence-corrected chi connectivity index (χ0v) is 10.1. The molecule has 0 radical (unpaired) electrons. The Morgan fingerprint density at radius 3 is 2.74 bits per heavy atom. The molecule has 2 N–H and O–H groups in total. The molecule has 0 aliphatic rings. The summed E-state index contributed by atoms with van der Waals surface area (Å²) in [4.78, 5) is 15.9. The van der Waals surface area contributed by atoms with Gasteiger partial charge < -0.3 is 10.6 Å². The molecule has 0 saturated heterocycles. The normalized spacial score (nSPS) is 10.1. The molecule has 6 heteroatoms. The largest absolute Gasteiger partial charge is 0.373 e. The summed E-state index contributed by atoms with van der Waals surface area (Å²) in [7, 11) is 1.66. The second-order valence-electron chi connectivity index (χ2n) is 3.74. The van der Waals surface area contributed by atoms with Crippen LogP contribution in [0.4, 0.5) is 20.3 Å². The third-order valence-electron chi connectivity index (χ3n) is 2.41. The van der Waals surface area contributed by atoms with E-state index in [0.717, 1.165) is 18.2 Å². The molecule has 0 aliphatic carbocycles. The molecule has 2 aromatic rings. The van der Waals surface area contributed by atoms with Crippen LogP contribution in [0.15, 0.2) is 36.4 Å². The van der Waals surface area contributed by atoms with Gasteiger partial charge in [-0.3, -0.25) is 4.79 Å². The maximum absolute atomic E-state index is 13.4. The van der Waals surface area contributed by atoms with Gasteiger partial charge in [-0.1, -0.05) is 6.07 Å². The van der Waals surface area contributed by atoms with E-state index in [-0.39, 0.29) is 11.4 Å². The monoisotopic (exact) mass is 263 g/mol. The van der Waals surface area contributed by atoms with Gasteiger partial charge in [0.2, 0.25) is 0 Å². The van der Waals surface area contributed by atoms with Crippen LogP contribution in [0.5, 0.6) is 0 Å². The highest BCUT2D eigenvalue weighted by molar-refractivity contribution is 6.03. The Bertz CT molecular complexity index is 617. The first-order valence-electron chi connectivity index (χ1n) is 5.51. The van der Waals surface area contributed by atoms with Crippen LogP contribution in [0.2, 0.25) is 0 Å².